The number of carboxylic acids is 1. The fraction of sp³-hybridized carbons (Fsp3) is 0.556. The van der Waals surface area contributed by atoms with Crippen LogP contribution in [0.25, 0.3) is 0 Å². The number of carbonyl (C=O) groups is 2. The summed E-state index contributed by atoms with van der Waals surface area (Å²) in [5.74, 6) is -0.302. The van der Waals surface area contributed by atoms with Crippen molar-refractivity contribution in [3.05, 3.63) is 29.3 Å². The first kappa shape index (κ1) is 17.3. The first-order chi connectivity index (χ1) is 10.9. The van der Waals surface area contributed by atoms with Crippen molar-refractivity contribution in [3.63, 3.8) is 0 Å². The molecule has 5 heteroatoms. The fourth-order valence-corrected chi connectivity index (χ4v) is 3.10. The van der Waals surface area contributed by atoms with Crippen LogP contribution in [0.4, 0.5) is 0 Å². The van der Waals surface area contributed by atoms with Crippen LogP contribution in [-0.2, 0) is 9.59 Å². The molecular formula is C18H25NO4. The van der Waals surface area contributed by atoms with Gasteiger partial charge in [-0.25, -0.2) is 0 Å². The summed E-state index contributed by atoms with van der Waals surface area (Å²) < 4.78 is 5.69. The maximum absolute atomic E-state index is 12.3. The van der Waals surface area contributed by atoms with E-state index in [0.717, 1.165) is 11.3 Å². The summed E-state index contributed by atoms with van der Waals surface area (Å²) in [6.07, 6.45) is 0.907. The van der Waals surface area contributed by atoms with Gasteiger partial charge in [-0.2, -0.15) is 0 Å². The molecule has 1 saturated heterocycles. The molecule has 5 nitrogen and oxygen atoms in total. The average molecular weight is 319 g/mol. The van der Waals surface area contributed by atoms with Crippen molar-refractivity contribution in [3.8, 4) is 5.75 Å². The van der Waals surface area contributed by atoms with Crippen LogP contribution in [0.5, 0.6) is 5.75 Å². The van der Waals surface area contributed by atoms with E-state index in [-0.39, 0.29) is 18.2 Å². The molecule has 0 bridgehead atoms. The summed E-state index contributed by atoms with van der Waals surface area (Å²) in [4.78, 5) is 25.1. The molecule has 0 aromatic heterocycles. The molecule has 2 rings (SSSR count). The number of aryl methyl sites for hydroxylation is 2. The first-order valence-electron chi connectivity index (χ1n) is 8.07. The molecule has 126 valence electrons. The maximum atomic E-state index is 12.3. The number of piperidine rings is 1. The van der Waals surface area contributed by atoms with Crippen molar-refractivity contribution in [2.45, 2.75) is 33.6 Å². The molecule has 0 radical (unpaired) electrons. The van der Waals surface area contributed by atoms with E-state index in [2.05, 4.69) is 0 Å². The number of likely N-dealkylation sites (tertiary alicyclic amines) is 1. The van der Waals surface area contributed by atoms with Crippen LogP contribution >= 0.6 is 0 Å². The monoisotopic (exact) mass is 319 g/mol. The second-order valence-corrected chi connectivity index (χ2v) is 6.54. The summed E-state index contributed by atoms with van der Waals surface area (Å²) in [6, 6.07) is 5.94. The molecule has 1 aliphatic heterocycles. The molecule has 1 fully saturated rings. The van der Waals surface area contributed by atoms with Crippen molar-refractivity contribution >= 4 is 11.9 Å². The lowest BCUT2D eigenvalue weighted by molar-refractivity contribution is -0.147. The molecular weight excluding hydrogens is 294 g/mol. The number of amides is 1. The van der Waals surface area contributed by atoms with Gasteiger partial charge in [-0.3, -0.25) is 9.59 Å². The lowest BCUT2D eigenvalue weighted by Crippen LogP contribution is -2.45. The standard InChI is InChI=1S/C18H25NO4/c1-12-4-5-16(14(3)8-12)23-7-6-17(20)19-10-13(2)9-15(11-19)18(21)22/h4-5,8,13,15H,6-7,9-11H2,1-3H3,(H,21,22). The first-order valence-corrected chi connectivity index (χ1v) is 8.07. The highest BCUT2D eigenvalue weighted by Crippen LogP contribution is 2.23. The Hall–Kier alpha value is -2.04. The van der Waals surface area contributed by atoms with E-state index in [1.807, 2.05) is 39.0 Å². The van der Waals surface area contributed by atoms with Crippen LogP contribution in [0, 0.1) is 25.7 Å². The third-order valence-electron chi connectivity index (χ3n) is 4.27. The molecule has 1 aliphatic rings. The Labute approximate surface area is 137 Å². The molecule has 1 aromatic rings. The number of aliphatic carboxylic acids is 1. The van der Waals surface area contributed by atoms with Gasteiger partial charge < -0.3 is 14.7 Å². The molecule has 2 atom stereocenters. The molecule has 0 spiro atoms. The van der Waals surface area contributed by atoms with Crippen molar-refractivity contribution in [2.24, 2.45) is 11.8 Å². The Morgan fingerprint density at radius 3 is 2.70 bits per heavy atom. The number of hydrogen-bond donors (Lipinski definition) is 1. The van der Waals surface area contributed by atoms with E-state index < -0.39 is 11.9 Å². The van der Waals surface area contributed by atoms with Crippen LogP contribution in [0.1, 0.15) is 30.9 Å². The second kappa shape index (κ2) is 7.49. The van der Waals surface area contributed by atoms with Crippen LogP contribution in [0.2, 0.25) is 0 Å². The normalized spacial score (nSPS) is 21.1. The third-order valence-corrected chi connectivity index (χ3v) is 4.27. The van der Waals surface area contributed by atoms with Crippen molar-refractivity contribution in [1.82, 2.24) is 4.90 Å². The fourth-order valence-electron chi connectivity index (χ4n) is 3.10. The Morgan fingerprint density at radius 1 is 1.30 bits per heavy atom. The number of ether oxygens (including phenoxy) is 1. The van der Waals surface area contributed by atoms with E-state index in [1.165, 1.54) is 5.56 Å². The topological polar surface area (TPSA) is 66.8 Å². The van der Waals surface area contributed by atoms with Crippen LogP contribution in [-0.4, -0.2) is 41.6 Å². The summed E-state index contributed by atoms with van der Waals surface area (Å²) in [7, 11) is 0. The van der Waals surface area contributed by atoms with Gasteiger partial charge >= 0.3 is 5.97 Å². The molecule has 1 heterocycles. The van der Waals surface area contributed by atoms with E-state index in [0.29, 0.717) is 26.1 Å². The predicted molar refractivity (Wildman–Crippen MR) is 87.5 cm³/mol. The van der Waals surface area contributed by atoms with Crippen LogP contribution < -0.4 is 4.74 Å². The molecule has 2 unspecified atom stereocenters. The molecule has 23 heavy (non-hydrogen) atoms. The van der Waals surface area contributed by atoms with Crippen molar-refractivity contribution < 1.29 is 19.4 Å². The second-order valence-electron chi connectivity index (χ2n) is 6.54. The van der Waals surface area contributed by atoms with Gasteiger partial charge in [0.25, 0.3) is 0 Å². The molecule has 1 aromatic carbocycles. The number of carboxylic acid groups (broad SMARTS) is 1. The number of rotatable bonds is 5. The zero-order valence-corrected chi connectivity index (χ0v) is 14.0. The maximum Gasteiger partial charge on any atom is 0.308 e. The van der Waals surface area contributed by atoms with Crippen LogP contribution in [0.3, 0.4) is 0 Å². The zero-order valence-electron chi connectivity index (χ0n) is 14.0. The highest BCUT2D eigenvalue weighted by Gasteiger charge is 2.31. The van der Waals surface area contributed by atoms with Gasteiger partial charge in [0.15, 0.2) is 0 Å². The van der Waals surface area contributed by atoms with Crippen molar-refractivity contribution in [2.75, 3.05) is 19.7 Å². The molecule has 1 N–H and O–H groups in total. The highest BCUT2D eigenvalue weighted by atomic mass is 16.5. The third kappa shape index (κ3) is 4.71. The van der Waals surface area contributed by atoms with Crippen molar-refractivity contribution in [1.29, 1.82) is 0 Å². The van der Waals surface area contributed by atoms with Gasteiger partial charge in [0.05, 0.1) is 18.9 Å². The lowest BCUT2D eigenvalue weighted by Gasteiger charge is -2.34. The summed E-state index contributed by atoms with van der Waals surface area (Å²) >= 11 is 0. The lowest BCUT2D eigenvalue weighted by atomic mass is 9.90. The predicted octanol–water partition coefficient (Wildman–Crippen LogP) is 2.64. The van der Waals surface area contributed by atoms with E-state index in [1.54, 1.807) is 4.90 Å². The Balaban J connectivity index is 1.85. The Bertz CT molecular complexity index is 584. The smallest absolute Gasteiger partial charge is 0.308 e. The molecule has 0 saturated carbocycles. The Morgan fingerprint density at radius 2 is 2.04 bits per heavy atom. The zero-order chi connectivity index (χ0) is 17.0. The summed E-state index contributed by atoms with van der Waals surface area (Å²) in [5.41, 5.74) is 2.22. The SMILES string of the molecule is Cc1ccc(OCCC(=O)N2CC(C)CC(C(=O)O)C2)c(C)c1. The van der Waals surface area contributed by atoms with Gasteiger partial charge in [0, 0.05) is 13.1 Å². The number of hydrogen-bond acceptors (Lipinski definition) is 3. The van der Waals surface area contributed by atoms with Crippen LogP contribution in [0.15, 0.2) is 18.2 Å². The minimum Gasteiger partial charge on any atom is -0.493 e. The summed E-state index contributed by atoms with van der Waals surface area (Å²) in [6.45, 7) is 7.24. The van der Waals surface area contributed by atoms with Gasteiger partial charge in [-0.1, -0.05) is 24.6 Å². The minimum atomic E-state index is -0.819. The highest BCUT2D eigenvalue weighted by molar-refractivity contribution is 5.78. The van der Waals surface area contributed by atoms with E-state index in [4.69, 9.17) is 4.74 Å². The van der Waals surface area contributed by atoms with Gasteiger partial charge in [-0.15, -0.1) is 0 Å². The Kier molecular flexibility index (Phi) is 5.64. The number of benzene rings is 1. The largest absolute Gasteiger partial charge is 0.493 e. The van der Waals surface area contributed by atoms with Gasteiger partial charge in [-0.05, 0) is 37.8 Å². The van der Waals surface area contributed by atoms with Gasteiger partial charge in [0.2, 0.25) is 5.91 Å². The quantitative estimate of drug-likeness (QED) is 0.906. The summed E-state index contributed by atoms with van der Waals surface area (Å²) in [5, 5.41) is 9.17. The van der Waals surface area contributed by atoms with E-state index in [9.17, 15) is 14.7 Å². The minimum absolute atomic E-state index is 0.0347. The van der Waals surface area contributed by atoms with E-state index >= 15 is 0 Å². The average Bonchev–Trinajstić information content (AvgIpc) is 2.48. The number of nitrogens with zero attached hydrogens (tertiary/aromatic N) is 1. The molecule has 1 amide bonds. The molecule has 0 aliphatic carbocycles. The number of carbonyl (C=O) groups excluding carboxylic acids is 1. The van der Waals surface area contributed by atoms with Gasteiger partial charge in [0.1, 0.15) is 5.75 Å².